The number of hydrogen-bond donors (Lipinski definition) is 4. The molecule has 8 aromatic rings. The second-order valence-corrected chi connectivity index (χ2v) is 29.7. The molecule has 0 atom stereocenters. The van der Waals surface area contributed by atoms with Crippen LogP contribution in [0.25, 0.3) is 44.6 Å². The van der Waals surface area contributed by atoms with Crippen LogP contribution in [0.1, 0.15) is 101 Å². The summed E-state index contributed by atoms with van der Waals surface area (Å²) in [5.74, 6) is 0.0687. The number of aliphatic imine (C=N–C) groups is 8. The molecular formula is C97H84N16O2+4. The Balaban J connectivity index is 0.623. The number of rotatable bonds is 16. The first kappa shape index (κ1) is 72.0. The summed E-state index contributed by atoms with van der Waals surface area (Å²) in [5, 5.41) is 23.8. The van der Waals surface area contributed by atoms with Crippen molar-refractivity contribution in [1.29, 1.82) is 0 Å². The van der Waals surface area contributed by atoms with Crippen molar-refractivity contribution >= 4 is 102 Å². The predicted molar refractivity (Wildman–Crippen MR) is 462 cm³/mol. The Morgan fingerprint density at radius 2 is 0.565 bits per heavy atom. The van der Waals surface area contributed by atoms with Crippen LogP contribution in [0.5, 0.6) is 0 Å². The molecule has 10 aliphatic rings. The number of nitrogens with zero attached hydrogens (tertiary/aromatic N) is 14. The maximum absolute atomic E-state index is 11.9. The molecule has 0 spiro atoms. The van der Waals surface area contributed by atoms with Gasteiger partial charge < -0.3 is 30.0 Å². The van der Waals surface area contributed by atoms with Crippen molar-refractivity contribution in [2.75, 3.05) is 14.1 Å². The van der Waals surface area contributed by atoms with Gasteiger partial charge in [0.1, 0.15) is 28.2 Å². The van der Waals surface area contributed by atoms with E-state index in [4.69, 9.17) is 39.9 Å². The lowest BCUT2D eigenvalue weighted by atomic mass is 9.97. The van der Waals surface area contributed by atoms with Crippen molar-refractivity contribution in [2.45, 2.75) is 44.9 Å². The summed E-state index contributed by atoms with van der Waals surface area (Å²) in [4.78, 5) is 54.9. The number of pyridine rings is 4. The first-order chi connectivity index (χ1) is 56.2. The Morgan fingerprint density at radius 1 is 0.304 bits per heavy atom. The van der Waals surface area contributed by atoms with E-state index in [-0.39, 0.29) is 11.8 Å². The summed E-state index contributed by atoms with van der Waals surface area (Å²) in [6.07, 6.45) is 62.8. The summed E-state index contributed by atoms with van der Waals surface area (Å²) in [6, 6.07) is 41.3. The zero-order valence-electron chi connectivity index (χ0n) is 64.8. The topological polar surface area (TPSA) is 193 Å². The lowest BCUT2D eigenvalue weighted by Crippen LogP contribution is -2.26. The number of aromatic amines is 2. The van der Waals surface area contributed by atoms with E-state index < -0.39 is 0 Å². The van der Waals surface area contributed by atoms with E-state index in [2.05, 4.69) is 230 Å². The van der Waals surface area contributed by atoms with Gasteiger partial charge >= 0.3 is 0 Å². The molecule has 18 rings (SSSR count). The number of fused-ring (bicyclic) bond motifs is 10. The number of aliphatic hydroxyl groups excluding tert-OH is 2. The maximum atomic E-state index is 11.9. The highest BCUT2D eigenvalue weighted by Crippen LogP contribution is 2.44. The van der Waals surface area contributed by atoms with Crippen LogP contribution in [0.2, 0.25) is 0 Å². The zero-order chi connectivity index (χ0) is 78.2. The van der Waals surface area contributed by atoms with Gasteiger partial charge in [-0.25, -0.2) is 58.2 Å². The van der Waals surface area contributed by atoms with E-state index in [0.29, 0.717) is 59.9 Å². The summed E-state index contributed by atoms with van der Waals surface area (Å²) >= 11 is 0. The van der Waals surface area contributed by atoms with E-state index in [1.165, 1.54) is 0 Å². The van der Waals surface area contributed by atoms with Crippen LogP contribution in [0.3, 0.4) is 0 Å². The molecule has 16 bridgehead atoms. The third-order valence-corrected chi connectivity index (χ3v) is 21.6. The number of hydrogen-bond acceptors (Lipinski definition) is 10. The Labute approximate surface area is 668 Å². The number of aryl methyl sites for hydroxylation is 4. The molecule has 0 saturated heterocycles. The number of allylic oxidation sites excluding steroid dienone is 24. The molecule has 10 aliphatic heterocycles. The minimum atomic E-state index is 0.0344. The minimum Gasteiger partial charge on any atom is -0.496 e. The van der Waals surface area contributed by atoms with Gasteiger partial charge in [-0.1, -0.05) is 55.7 Å². The fourth-order valence-electron chi connectivity index (χ4n) is 15.7. The molecule has 6 aromatic heterocycles. The third kappa shape index (κ3) is 14.7. The average Bonchev–Trinajstić information content (AvgIpc) is 1.62. The number of unbranched alkanes of at least 4 members (excludes halogenated alkanes) is 4. The standard InChI is InChI=1S/C97H82N16O2/c1-108-50-38-62(39-51-108)90-72-22-26-76(98-72)92(64-42-54-110(3)55-43-64)80-30-34-84(102-80)96(85-35-31-81(103-85)93(77-27-23-73(90)99-77)65-44-56-111(4)57-45-65)68-16-12-14-18-70(68)106-88(114)20-10-8-7-9-11-21-89(115)107-71-19-15-13-17-69(71)97-86-36-32-82(104-86)94(66-46-58-112(5)59-47-66)78-28-24-74(100-78)91(63-40-52-109(2)53-41-63)75-25-29-79(101-75)95(83-33-37-87(97)105-83)67-48-60-113(6)61-49-67/h12-19,22-61H,7-11,20-21H2,1-6H3,(H2-2,98,99,100,101,102,103,104,105,106,107,114,115)/q+2/p+2. The molecule has 0 amide bonds. The van der Waals surface area contributed by atoms with Crippen LogP contribution >= 0.6 is 0 Å². The normalized spacial score (nSPS) is 17.5. The van der Waals surface area contributed by atoms with Crippen molar-refractivity contribution < 1.29 is 28.5 Å². The number of H-pyrrole nitrogens is 2. The summed E-state index contributed by atoms with van der Waals surface area (Å²) < 4.78 is 8.11. The van der Waals surface area contributed by atoms with Crippen molar-refractivity contribution in [2.24, 2.45) is 68.1 Å². The minimum absolute atomic E-state index is 0.0344. The SMILES string of the molecule is CN1C=CC(=C2C3=NC(=C(c4ccccc4N=C(O)CCCCCCCC(O)=Nc4ccccc4C4=C5C=CC(=N5)C(c5cc[n+](C)cc5)=C5C=CC(=N5)C(=C5C=CN(C)C=C5)c5ccc([nH]5)C(c5cc[n+](C)cc5)=C5C=CC4=N5)C4=NC(=C(c5cc[n+](C)cc5)C5=NC(=C(c6cc[n+](C)cc6)c6ccc2[nH]6)C=C5)C=C4)C=C3)C=C1. The van der Waals surface area contributed by atoms with Crippen LogP contribution in [0.4, 0.5) is 11.4 Å². The van der Waals surface area contributed by atoms with Crippen LogP contribution in [-0.2, 0) is 28.2 Å². The molecule has 18 heteroatoms. The fourth-order valence-corrected chi connectivity index (χ4v) is 15.7. The summed E-state index contributed by atoms with van der Waals surface area (Å²) in [6.45, 7) is 0. The summed E-state index contributed by atoms with van der Waals surface area (Å²) in [5.41, 5.74) is 28.5. The zero-order valence-corrected chi connectivity index (χ0v) is 64.8. The summed E-state index contributed by atoms with van der Waals surface area (Å²) in [7, 11) is 12.1. The molecule has 115 heavy (non-hydrogen) atoms. The number of aromatic nitrogens is 6. The van der Waals surface area contributed by atoms with Gasteiger partial charge in [-0.15, -0.1) is 0 Å². The van der Waals surface area contributed by atoms with Crippen LogP contribution in [-0.4, -0.2) is 90.1 Å². The van der Waals surface area contributed by atoms with Gasteiger partial charge in [-0.05, 0) is 180 Å². The Hall–Kier alpha value is -14.5. The monoisotopic (exact) mass is 1500 g/mol. The average molecular weight is 1510 g/mol. The number of para-hydroxylation sites is 2. The van der Waals surface area contributed by atoms with Crippen molar-refractivity contribution in [1.82, 2.24) is 19.8 Å². The molecule has 18 nitrogen and oxygen atoms in total. The lowest BCUT2D eigenvalue weighted by molar-refractivity contribution is -0.671. The van der Waals surface area contributed by atoms with Gasteiger partial charge in [0.05, 0.1) is 79.8 Å². The van der Waals surface area contributed by atoms with Gasteiger partial charge in [-0.3, -0.25) is 0 Å². The second-order valence-electron chi connectivity index (χ2n) is 29.7. The van der Waals surface area contributed by atoms with E-state index in [1.54, 1.807) is 0 Å². The Kier molecular flexibility index (Phi) is 19.4. The maximum Gasteiger partial charge on any atom is 0.185 e. The highest BCUT2D eigenvalue weighted by atomic mass is 16.3. The number of benzene rings is 2. The van der Waals surface area contributed by atoms with Crippen LogP contribution in [0.15, 0.2) is 378 Å². The van der Waals surface area contributed by atoms with Crippen LogP contribution in [0, 0.1) is 0 Å². The third-order valence-electron chi connectivity index (χ3n) is 21.6. The first-order valence-electron chi connectivity index (χ1n) is 38.9. The number of aliphatic hydroxyl groups is 2. The van der Waals surface area contributed by atoms with Crippen molar-refractivity contribution in [3.05, 3.63) is 394 Å². The molecule has 0 fully saturated rings. The van der Waals surface area contributed by atoms with E-state index in [0.717, 1.165) is 177 Å². The second kappa shape index (κ2) is 31.0. The molecule has 0 saturated carbocycles. The quantitative estimate of drug-likeness (QED) is 0.0324. The van der Waals surface area contributed by atoms with Gasteiger partial charge in [0, 0.05) is 179 Å². The molecular weight excluding hydrogens is 1420 g/mol. The Morgan fingerprint density at radius 3 is 0.896 bits per heavy atom. The van der Waals surface area contributed by atoms with Gasteiger partial charge in [-0.2, -0.15) is 0 Å². The van der Waals surface area contributed by atoms with Gasteiger partial charge in [0.15, 0.2) is 61.4 Å². The lowest BCUT2D eigenvalue weighted by Gasteiger charge is -2.16. The van der Waals surface area contributed by atoms with Gasteiger partial charge in [0.25, 0.3) is 0 Å². The van der Waals surface area contributed by atoms with Crippen molar-refractivity contribution in [3.8, 4) is 0 Å². The highest BCUT2D eigenvalue weighted by Gasteiger charge is 2.32. The van der Waals surface area contributed by atoms with Gasteiger partial charge in [0.2, 0.25) is 0 Å². The van der Waals surface area contributed by atoms with E-state index in [1.807, 2.05) is 144 Å². The molecule has 0 unspecified atom stereocenters. The van der Waals surface area contributed by atoms with Crippen molar-refractivity contribution in [3.63, 3.8) is 0 Å². The molecule has 0 aliphatic carbocycles. The largest absolute Gasteiger partial charge is 0.496 e. The number of nitrogens with one attached hydrogen (secondary N) is 2. The van der Waals surface area contributed by atoms with E-state index in [9.17, 15) is 10.2 Å². The first-order valence-corrected chi connectivity index (χ1v) is 38.9. The Bertz CT molecular complexity index is 6290. The van der Waals surface area contributed by atoms with E-state index >= 15 is 0 Å². The highest BCUT2D eigenvalue weighted by molar-refractivity contribution is 6.40. The smallest absolute Gasteiger partial charge is 0.185 e. The molecule has 16 heterocycles. The van der Waals surface area contributed by atoms with Crippen LogP contribution < -0.4 is 18.3 Å². The molecule has 0 radical (unpaired) electrons. The predicted octanol–water partition coefficient (Wildman–Crippen LogP) is 17.0. The molecule has 4 N–H and O–H groups in total. The molecule has 2 aromatic carbocycles. The molecule has 560 valence electrons. The fraction of sp³-hybridized carbons (Fsp3) is 0.134.